The summed E-state index contributed by atoms with van der Waals surface area (Å²) in [7, 11) is 1.55. The van der Waals surface area contributed by atoms with E-state index in [4.69, 9.17) is 4.74 Å². The number of benzene rings is 2. The number of thioether (sulfide) groups is 1. The van der Waals surface area contributed by atoms with E-state index in [1.54, 1.807) is 37.5 Å². The summed E-state index contributed by atoms with van der Waals surface area (Å²) in [5.41, 5.74) is 1.39. The largest absolute Gasteiger partial charge is 0.496 e. The Bertz CT molecular complexity index is 896. The lowest BCUT2D eigenvalue weighted by Crippen LogP contribution is -2.31. The van der Waals surface area contributed by atoms with Gasteiger partial charge in [0.05, 0.1) is 12.0 Å². The third-order valence-electron chi connectivity index (χ3n) is 3.92. The zero-order valence-electron chi connectivity index (χ0n) is 14.7. The minimum absolute atomic E-state index is 0.0343. The highest BCUT2D eigenvalue weighted by molar-refractivity contribution is 8.18. The SMILES string of the molecule is COc1ccccc1/C=C1/SC(=O)N(CCC(=O)Nc2ccccc2)C1=O. The highest BCUT2D eigenvalue weighted by Gasteiger charge is 2.35. The molecule has 0 saturated carbocycles. The Hall–Kier alpha value is -3.06. The molecule has 1 aliphatic heterocycles. The van der Waals surface area contributed by atoms with Gasteiger partial charge in [-0.3, -0.25) is 19.3 Å². The summed E-state index contributed by atoms with van der Waals surface area (Å²) >= 11 is 0.863. The van der Waals surface area contributed by atoms with E-state index in [1.807, 2.05) is 30.3 Å². The number of hydrogen-bond acceptors (Lipinski definition) is 5. The number of nitrogens with zero attached hydrogens (tertiary/aromatic N) is 1. The summed E-state index contributed by atoms with van der Waals surface area (Å²) in [4.78, 5) is 38.2. The van der Waals surface area contributed by atoms with E-state index in [9.17, 15) is 14.4 Å². The fraction of sp³-hybridized carbons (Fsp3) is 0.150. The normalized spacial score (nSPS) is 15.3. The van der Waals surface area contributed by atoms with Gasteiger partial charge in [-0.15, -0.1) is 0 Å². The zero-order chi connectivity index (χ0) is 19.2. The molecule has 1 fully saturated rings. The van der Waals surface area contributed by atoms with E-state index >= 15 is 0 Å². The molecule has 0 spiro atoms. The standard InChI is InChI=1S/C20H18N2O4S/c1-26-16-10-6-5-7-14(16)13-17-19(24)22(20(25)27-17)12-11-18(23)21-15-8-3-2-4-9-15/h2-10,13H,11-12H2,1H3,(H,21,23)/b17-13+. The quantitative estimate of drug-likeness (QED) is 0.770. The van der Waals surface area contributed by atoms with E-state index in [2.05, 4.69) is 5.32 Å². The Morgan fingerprint density at radius 3 is 2.56 bits per heavy atom. The lowest BCUT2D eigenvalue weighted by atomic mass is 10.2. The molecule has 138 valence electrons. The van der Waals surface area contributed by atoms with E-state index in [0.29, 0.717) is 21.9 Å². The minimum atomic E-state index is -0.400. The van der Waals surface area contributed by atoms with Gasteiger partial charge in [0, 0.05) is 24.2 Å². The van der Waals surface area contributed by atoms with Crippen LogP contribution in [-0.2, 0) is 9.59 Å². The molecule has 0 aromatic heterocycles. The van der Waals surface area contributed by atoms with Crippen molar-refractivity contribution >= 4 is 40.6 Å². The van der Waals surface area contributed by atoms with Gasteiger partial charge in [0.15, 0.2) is 0 Å². The van der Waals surface area contributed by atoms with E-state index in [1.165, 1.54) is 0 Å². The third kappa shape index (κ3) is 4.57. The predicted octanol–water partition coefficient (Wildman–Crippen LogP) is 3.76. The van der Waals surface area contributed by atoms with Crippen LogP contribution in [0.25, 0.3) is 6.08 Å². The average Bonchev–Trinajstić information content (AvgIpc) is 2.94. The molecule has 2 aromatic rings. The maximum atomic E-state index is 12.5. The van der Waals surface area contributed by atoms with Gasteiger partial charge in [-0.25, -0.2) is 0 Å². The Morgan fingerprint density at radius 1 is 1.11 bits per heavy atom. The molecule has 1 N–H and O–H groups in total. The number of carbonyl (C=O) groups is 3. The Morgan fingerprint density at radius 2 is 1.81 bits per heavy atom. The van der Waals surface area contributed by atoms with Crippen molar-refractivity contribution in [2.75, 3.05) is 19.0 Å². The summed E-state index contributed by atoms with van der Waals surface area (Å²) in [5, 5.41) is 2.35. The Labute approximate surface area is 161 Å². The van der Waals surface area contributed by atoms with Gasteiger partial charge in [-0.1, -0.05) is 36.4 Å². The van der Waals surface area contributed by atoms with Crippen LogP contribution in [0.3, 0.4) is 0 Å². The van der Waals surface area contributed by atoms with Crippen LogP contribution in [0.15, 0.2) is 59.5 Å². The van der Waals surface area contributed by atoms with Gasteiger partial charge < -0.3 is 10.1 Å². The molecule has 1 saturated heterocycles. The number of para-hydroxylation sites is 2. The Balaban J connectivity index is 1.64. The summed E-state index contributed by atoms with van der Waals surface area (Å²) < 4.78 is 5.26. The minimum Gasteiger partial charge on any atom is -0.496 e. The second-order valence-corrected chi connectivity index (χ2v) is 6.73. The monoisotopic (exact) mass is 382 g/mol. The number of anilines is 1. The smallest absolute Gasteiger partial charge is 0.293 e. The Kier molecular flexibility index (Phi) is 5.93. The van der Waals surface area contributed by atoms with Gasteiger partial charge in [0.25, 0.3) is 11.1 Å². The molecule has 0 aliphatic carbocycles. The van der Waals surface area contributed by atoms with Crippen LogP contribution >= 0.6 is 11.8 Å². The molecule has 3 amide bonds. The van der Waals surface area contributed by atoms with Crippen molar-refractivity contribution < 1.29 is 19.1 Å². The van der Waals surface area contributed by atoms with Gasteiger partial charge in [-0.05, 0) is 36.0 Å². The van der Waals surface area contributed by atoms with Gasteiger partial charge >= 0.3 is 0 Å². The number of amides is 3. The van der Waals surface area contributed by atoms with Crippen LogP contribution in [-0.4, -0.2) is 35.6 Å². The van der Waals surface area contributed by atoms with Crippen molar-refractivity contribution in [2.45, 2.75) is 6.42 Å². The number of methoxy groups -OCH3 is 1. The highest BCUT2D eigenvalue weighted by Crippen LogP contribution is 2.33. The summed E-state index contributed by atoms with van der Waals surface area (Å²) in [6.45, 7) is 0.0343. The molecule has 1 aliphatic rings. The first-order chi connectivity index (χ1) is 13.1. The van der Waals surface area contributed by atoms with Crippen LogP contribution in [0, 0.1) is 0 Å². The van der Waals surface area contributed by atoms with Crippen molar-refractivity contribution in [3.05, 3.63) is 65.1 Å². The topological polar surface area (TPSA) is 75.7 Å². The number of ether oxygens (including phenoxy) is 1. The number of hydrogen-bond donors (Lipinski definition) is 1. The first-order valence-electron chi connectivity index (χ1n) is 8.32. The van der Waals surface area contributed by atoms with E-state index in [-0.39, 0.29) is 24.1 Å². The zero-order valence-corrected chi connectivity index (χ0v) is 15.5. The van der Waals surface area contributed by atoms with Crippen LogP contribution in [0.5, 0.6) is 5.75 Å². The molecule has 0 atom stereocenters. The third-order valence-corrected chi connectivity index (χ3v) is 4.83. The van der Waals surface area contributed by atoms with Crippen LogP contribution < -0.4 is 10.1 Å². The molecule has 0 radical (unpaired) electrons. The molecule has 2 aromatic carbocycles. The first kappa shape index (κ1) is 18.7. The van der Waals surface area contributed by atoms with Crippen molar-refractivity contribution in [2.24, 2.45) is 0 Å². The fourth-order valence-corrected chi connectivity index (χ4v) is 3.43. The number of rotatable bonds is 6. The average molecular weight is 382 g/mol. The molecule has 27 heavy (non-hydrogen) atoms. The molecule has 0 unspecified atom stereocenters. The van der Waals surface area contributed by atoms with Crippen molar-refractivity contribution in [3.8, 4) is 5.75 Å². The van der Waals surface area contributed by atoms with Gasteiger partial charge in [-0.2, -0.15) is 0 Å². The molecule has 0 bridgehead atoms. The lowest BCUT2D eigenvalue weighted by Gasteiger charge is -2.12. The summed E-state index contributed by atoms with van der Waals surface area (Å²) in [6, 6.07) is 16.3. The molecular weight excluding hydrogens is 364 g/mol. The second-order valence-electron chi connectivity index (χ2n) is 5.74. The highest BCUT2D eigenvalue weighted by atomic mass is 32.2. The number of nitrogens with one attached hydrogen (secondary N) is 1. The van der Waals surface area contributed by atoms with Crippen LogP contribution in [0.1, 0.15) is 12.0 Å². The molecule has 1 heterocycles. The van der Waals surface area contributed by atoms with Crippen molar-refractivity contribution in [1.29, 1.82) is 0 Å². The summed E-state index contributed by atoms with van der Waals surface area (Å²) in [6.07, 6.45) is 1.67. The van der Waals surface area contributed by atoms with E-state index < -0.39 is 5.91 Å². The molecular formula is C20H18N2O4S. The van der Waals surface area contributed by atoms with Crippen LogP contribution in [0.4, 0.5) is 10.5 Å². The molecule has 6 nitrogen and oxygen atoms in total. The maximum Gasteiger partial charge on any atom is 0.293 e. The van der Waals surface area contributed by atoms with E-state index in [0.717, 1.165) is 16.7 Å². The lowest BCUT2D eigenvalue weighted by molar-refractivity contribution is -0.123. The predicted molar refractivity (Wildman–Crippen MR) is 105 cm³/mol. The molecule has 7 heteroatoms. The van der Waals surface area contributed by atoms with Crippen molar-refractivity contribution in [3.63, 3.8) is 0 Å². The number of imide groups is 1. The van der Waals surface area contributed by atoms with Crippen LogP contribution in [0.2, 0.25) is 0 Å². The first-order valence-corrected chi connectivity index (χ1v) is 9.13. The fourth-order valence-electron chi connectivity index (χ4n) is 2.58. The van der Waals surface area contributed by atoms with Gasteiger partial charge in [0.2, 0.25) is 5.91 Å². The molecule has 3 rings (SSSR count). The second kappa shape index (κ2) is 8.55. The number of carbonyl (C=O) groups excluding carboxylic acids is 3. The van der Waals surface area contributed by atoms with Crippen molar-refractivity contribution in [1.82, 2.24) is 4.90 Å². The maximum absolute atomic E-state index is 12.5. The summed E-state index contributed by atoms with van der Waals surface area (Å²) in [5.74, 6) is -0.0380. The van der Waals surface area contributed by atoms with Gasteiger partial charge in [0.1, 0.15) is 5.75 Å².